The average Bonchev–Trinajstić information content (AvgIpc) is 3.17. The molecule has 0 aliphatic carbocycles. The summed E-state index contributed by atoms with van der Waals surface area (Å²) in [6.45, 7) is 6.77. The molecule has 2 aromatic rings. The van der Waals surface area contributed by atoms with Crippen molar-refractivity contribution in [2.45, 2.75) is 52.2 Å². The Morgan fingerprint density at radius 2 is 2.29 bits per heavy atom. The standard InChI is InChI=1S/C17H25N5OS/c1-13-19-14(2)22(20-13)11-15-6-3-4-8-21(15)12-17(23)18-10-16-7-5-9-24-16/h5,7,9,15H,3-4,6,8,10-12H2,1-2H3,(H,18,23)/t15-/m0/s1. The SMILES string of the molecule is Cc1nc(C)n(C[C@@H]2CCCCN2CC(=O)NCc2cccs2)n1. The molecule has 0 aromatic carbocycles. The quantitative estimate of drug-likeness (QED) is 0.869. The van der Waals surface area contributed by atoms with Crippen LogP contribution in [0.5, 0.6) is 0 Å². The van der Waals surface area contributed by atoms with Gasteiger partial charge in [0.1, 0.15) is 11.6 Å². The molecule has 1 N–H and O–H groups in total. The van der Waals surface area contributed by atoms with Crippen LogP contribution in [0.25, 0.3) is 0 Å². The molecule has 1 aliphatic heterocycles. The second-order valence-corrected chi connectivity index (χ2v) is 7.40. The van der Waals surface area contributed by atoms with Gasteiger partial charge in [-0.05, 0) is 44.7 Å². The maximum absolute atomic E-state index is 12.3. The second kappa shape index (κ2) is 7.90. The van der Waals surface area contributed by atoms with E-state index in [9.17, 15) is 4.79 Å². The van der Waals surface area contributed by atoms with Crippen LogP contribution >= 0.6 is 11.3 Å². The van der Waals surface area contributed by atoms with Crippen molar-refractivity contribution in [2.24, 2.45) is 0 Å². The minimum atomic E-state index is 0.0989. The van der Waals surface area contributed by atoms with Gasteiger partial charge in [0.25, 0.3) is 0 Å². The van der Waals surface area contributed by atoms with Crippen molar-refractivity contribution in [3.63, 3.8) is 0 Å². The van der Waals surface area contributed by atoms with E-state index in [2.05, 4.69) is 20.3 Å². The highest BCUT2D eigenvalue weighted by Gasteiger charge is 2.25. The van der Waals surface area contributed by atoms with Crippen LogP contribution in [-0.2, 0) is 17.9 Å². The summed E-state index contributed by atoms with van der Waals surface area (Å²) in [6.07, 6.45) is 3.48. The Labute approximate surface area is 146 Å². The molecule has 1 atom stereocenters. The molecule has 24 heavy (non-hydrogen) atoms. The van der Waals surface area contributed by atoms with Crippen molar-refractivity contribution in [3.8, 4) is 0 Å². The zero-order valence-electron chi connectivity index (χ0n) is 14.4. The number of likely N-dealkylation sites (tertiary alicyclic amines) is 1. The number of carbonyl (C=O) groups is 1. The lowest BCUT2D eigenvalue weighted by molar-refractivity contribution is -0.123. The highest BCUT2D eigenvalue weighted by molar-refractivity contribution is 7.09. The maximum Gasteiger partial charge on any atom is 0.234 e. The Morgan fingerprint density at radius 3 is 3.00 bits per heavy atom. The van der Waals surface area contributed by atoms with Crippen molar-refractivity contribution < 1.29 is 4.79 Å². The van der Waals surface area contributed by atoms with Crippen molar-refractivity contribution in [1.82, 2.24) is 25.0 Å². The number of rotatable bonds is 6. The second-order valence-electron chi connectivity index (χ2n) is 6.36. The Hall–Kier alpha value is -1.73. The molecular formula is C17H25N5OS. The molecule has 1 aliphatic rings. The number of thiophene rings is 1. The van der Waals surface area contributed by atoms with E-state index in [0.29, 0.717) is 19.1 Å². The van der Waals surface area contributed by atoms with Crippen LogP contribution in [0.1, 0.15) is 35.8 Å². The third-order valence-electron chi connectivity index (χ3n) is 4.48. The summed E-state index contributed by atoms with van der Waals surface area (Å²) in [5.74, 6) is 1.85. The topological polar surface area (TPSA) is 63.1 Å². The Morgan fingerprint density at radius 1 is 1.42 bits per heavy atom. The maximum atomic E-state index is 12.3. The fraction of sp³-hybridized carbons (Fsp3) is 0.588. The number of aromatic nitrogens is 3. The molecule has 1 amide bonds. The first-order chi connectivity index (χ1) is 11.6. The van der Waals surface area contributed by atoms with Crippen molar-refractivity contribution in [1.29, 1.82) is 0 Å². The van der Waals surface area contributed by atoms with E-state index in [-0.39, 0.29) is 5.91 Å². The number of nitrogens with zero attached hydrogens (tertiary/aromatic N) is 4. The summed E-state index contributed by atoms with van der Waals surface area (Å²) in [7, 11) is 0. The Balaban J connectivity index is 1.55. The molecule has 7 heteroatoms. The lowest BCUT2D eigenvalue weighted by Crippen LogP contribution is -2.47. The lowest BCUT2D eigenvalue weighted by atomic mass is 10.0. The van der Waals surface area contributed by atoms with Crippen LogP contribution in [0.3, 0.4) is 0 Å². The smallest absolute Gasteiger partial charge is 0.234 e. The van der Waals surface area contributed by atoms with Gasteiger partial charge in [-0.1, -0.05) is 12.5 Å². The molecule has 130 valence electrons. The minimum absolute atomic E-state index is 0.0989. The van der Waals surface area contributed by atoms with Crippen LogP contribution in [0, 0.1) is 13.8 Å². The highest BCUT2D eigenvalue weighted by atomic mass is 32.1. The van der Waals surface area contributed by atoms with E-state index in [0.717, 1.165) is 37.6 Å². The number of hydrogen-bond acceptors (Lipinski definition) is 5. The Bertz CT molecular complexity index is 667. The van der Waals surface area contributed by atoms with E-state index in [1.54, 1.807) is 11.3 Å². The predicted octanol–water partition coefficient (Wildman–Crippen LogP) is 2.13. The zero-order valence-corrected chi connectivity index (χ0v) is 15.2. The van der Waals surface area contributed by atoms with Gasteiger partial charge in [-0.15, -0.1) is 11.3 Å². The number of amides is 1. The fourth-order valence-electron chi connectivity index (χ4n) is 3.25. The van der Waals surface area contributed by atoms with E-state index in [1.807, 2.05) is 36.0 Å². The first-order valence-electron chi connectivity index (χ1n) is 8.53. The molecule has 1 saturated heterocycles. The van der Waals surface area contributed by atoms with Crippen molar-refractivity contribution in [2.75, 3.05) is 13.1 Å². The van der Waals surface area contributed by atoms with E-state index in [1.165, 1.54) is 11.3 Å². The van der Waals surface area contributed by atoms with Crippen molar-refractivity contribution in [3.05, 3.63) is 34.0 Å². The minimum Gasteiger partial charge on any atom is -0.350 e. The first-order valence-corrected chi connectivity index (χ1v) is 9.41. The van der Waals surface area contributed by atoms with Gasteiger partial charge < -0.3 is 5.32 Å². The number of aryl methyl sites for hydroxylation is 2. The molecule has 0 unspecified atom stereocenters. The number of carbonyl (C=O) groups excluding carboxylic acids is 1. The molecule has 6 nitrogen and oxygen atoms in total. The normalized spacial score (nSPS) is 18.7. The van der Waals surface area contributed by atoms with E-state index >= 15 is 0 Å². The van der Waals surface area contributed by atoms with Crippen LogP contribution in [0.15, 0.2) is 17.5 Å². The molecule has 0 spiro atoms. The van der Waals surface area contributed by atoms with Gasteiger partial charge in [-0.3, -0.25) is 9.69 Å². The highest BCUT2D eigenvalue weighted by Crippen LogP contribution is 2.18. The summed E-state index contributed by atoms with van der Waals surface area (Å²) < 4.78 is 1.97. The van der Waals surface area contributed by atoms with E-state index in [4.69, 9.17) is 0 Å². The summed E-state index contributed by atoms with van der Waals surface area (Å²) in [5, 5.41) is 9.53. The molecule has 0 radical (unpaired) electrons. The van der Waals surface area contributed by atoms with Gasteiger partial charge in [-0.25, -0.2) is 9.67 Å². The predicted molar refractivity (Wildman–Crippen MR) is 94.9 cm³/mol. The fourth-order valence-corrected chi connectivity index (χ4v) is 3.89. The summed E-state index contributed by atoms with van der Waals surface area (Å²) in [4.78, 5) is 20.2. The van der Waals surface area contributed by atoms with Crippen LogP contribution in [0.2, 0.25) is 0 Å². The van der Waals surface area contributed by atoms with Gasteiger partial charge in [0.05, 0.1) is 19.6 Å². The lowest BCUT2D eigenvalue weighted by Gasteiger charge is -2.35. The molecule has 0 bridgehead atoms. The molecule has 0 saturated carbocycles. The third kappa shape index (κ3) is 4.42. The molecule has 3 heterocycles. The molecular weight excluding hydrogens is 322 g/mol. The summed E-state index contributed by atoms with van der Waals surface area (Å²) in [5.41, 5.74) is 0. The number of nitrogens with one attached hydrogen (secondary N) is 1. The largest absolute Gasteiger partial charge is 0.350 e. The zero-order chi connectivity index (χ0) is 16.9. The van der Waals surface area contributed by atoms with Crippen LogP contribution in [-0.4, -0.2) is 44.7 Å². The number of hydrogen-bond donors (Lipinski definition) is 1. The van der Waals surface area contributed by atoms with E-state index < -0.39 is 0 Å². The molecule has 1 fully saturated rings. The monoisotopic (exact) mass is 347 g/mol. The molecule has 2 aromatic heterocycles. The van der Waals surface area contributed by atoms with Gasteiger partial charge in [0.15, 0.2) is 0 Å². The Kier molecular flexibility index (Phi) is 5.63. The summed E-state index contributed by atoms with van der Waals surface area (Å²) in [6, 6.07) is 4.41. The van der Waals surface area contributed by atoms with Gasteiger partial charge in [0, 0.05) is 10.9 Å². The summed E-state index contributed by atoms with van der Waals surface area (Å²) >= 11 is 1.67. The average molecular weight is 347 g/mol. The van der Waals surface area contributed by atoms with Crippen LogP contribution in [0.4, 0.5) is 0 Å². The van der Waals surface area contributed by atoms with Gasteiger partial charge in [0.2, 0.25) is 5.91 Å². The van der Waals surface area contributed by atoms with Crippen molar-refractivity contribution >= 4 is 17.2 Å². The van der Waals surface area contributed by atoms with Crippen LogP contribution < -0.4 is 5.32 Å². The third-order valence-corrected chi connectivity index (χ3v) is 5.36. The first kappa shape index (κ1) is 17.1. The number of piperidine rings is 1. The van der Waals surface area contributed by atoms with Gasteiger partial charge >= 0.3 is 0 Å². The molecule has 3 rings (SSSR count). The van der Waals surface area contributed by atoms with Gasteiger partial charge in [-0.2, -0.15) is 5.10 Å².